The number of hydrogen-bond acceptors (Lipinski definition) is 4. The van der Waals surface area contributed by atoms with E-state index in [1.165, 1.54) is 11.5 Å². The van der Waals surface area contributed by atoms with Crippen molar-refractivity contribution in [1.82, 2.24) is 4.37 Å². The van der Waals surface area contributed by atoms with Gasteiger partial charge in [0.1, 0.15) is 5.00 Å². The number of hydrogen-bond donors (Lipinski definition) is 1. The van der Waals surface area contributed by atoms with Gasteiger partial charge in [0.15, 0.2) is 5.78 Å². The molecule has 0 aliphatic rings. The van der Waals surface area contributed by atoms with Crippen molar-refractivity contribution in [3.8, 4) is 0 Å². The SMILES string of the molecule is CC(=O)c1c(C)nsc1Nc1ccc(Br)cc1. The van der Waals surface area contributed by atoms with E-state index in [9.17, 15) is 4.79 Å². The summed E-state index contributed by atoms with van der Waals surface area (Å²) in [6.07, 6.45) is 0. The monoisotopic (exact) mass is 310 g/mol. The van der Waals surface area contributed by atoms with Gasteiger partial charge < -0.3 is 5.32 Å². The van der Waals surface area contributed by atoms with Crippen molar-refractivity contribution in [2.45, 2.75) is 13.8 Å². The van der Waals surface area contributed by atoms with Crippen molar-refractivity contribution in [3.63, 3.8) is 0 Å². The van der Waals surface area contributed by atoms with Gasteiger partial charge in [0.2, 0.25) is 0 Å². The average molecular weight is 311 g/mol. The second-order valence-electron chi connectivity index (χ2n) is 3.66. The molecular formula is C12H11BrN2OS. The van der Waals surface area contributed by atoms with E-state index in [0.29, 0.717) is 5.56 Å². The van der Waals surface area contributed by atoms with Crippen molar-refractivity contribution >= 4 is 43.9 Å². The molecule has 1 aromatic heterocycles. The highest BCUT2D eigenvalue weighted by Crippen LogP contribution is 2.28. The van der Waals surface area contributed by atoms with Crippen LogP contribution in [0.25, 0.3) is 0 Å². The predicted molar refractivity (Wildman–Crippen MR) is 74.3 cm³/mol. The summed E-state index contributed by atoms with van der Waals surface area (Å²) in [6.45, 7) is 3.41. The van der Waals surface area contributed by atoms with Crippen LogP contribution in [0.3, 0.4) is 0 Å². The Hall–Kier alpha value is -1.20. The van der Waals surface area contributed by atoms with Crippen molar-refractivity contribution in [1.29, 1.82) is 0 Å². The molecule has 0 amide bonds. The topological polar surface area (TPSA) is 42.0 Å². The number of ketones is 1. The van der Waals surface area contributed by atoms with E-state index in [2.05, 4.69) is 25.6 Å². The van der Waals surface area contributed by atoms with E-state index in [4.69, 9.17) is 0 Å². The van der Waals surface area contributed by atoms with Crippen LogP contribution in [0.5, 0.6) is 0 Å². The summed E-state index contributed by atoms with van der Waals surface area (Å²) in [5.74, 6) is 0.0378. The number of halogens is 1. The molecule has 17 heavy (non-hydrogen) atoms. The van der Waals surface area contributed by atoms with Gasteiger partial charge >= 0.3 is 0 Å². The number of rotatable bonds is 3. The zero-order chi connectivity index (χ0) is 12.4. The highest BCUT2D eigenvalue weighted by Gasteiger charge is 2.14. The van der Waals surface area contributed by atoms with Crippen LogP contribution in [0.15, 0.2) is 28.7 Å². The number of nitrogens with one attached hydrogen (secondary N) is 1. The van der Waals surface area contributed by atoms with E-state index in [1.54, 1.807) is 6.92 Å². The van der Waals surface area contributed by atoms with Crippen LogP contribution in [0.1, 0.15) is 23.0 Å². The maximum absolute atomic E-state index is 11.5. The highest BCUT2D eigenvalue weighted by molar-refractivity contribution is 9.10. The second-order valence-corrected chi connectivity index (χ2v) is 5.35. The lowest BCUT2D eigenvalue weighted by Crippen LogP contribution is -1.98. The molecule has 1 aromatic carbocycles. The van der Waals surface area contributed by atoms with Gasteiger partial charge in [-0.2, -0.15) is 4.37 Å². The van der Waals surface area contributed by atoms with Gasteiger partial charge in [-0.3, -0.25) is 4.79 Å². The predicted octanol–water partition coefficient (Wildman–Crippen LogP) is 4.16. The molecule has 0 atom stereocenters. The zero-order valence-corrected chi connectivity index (χ0v) is 11.9. The Labute approximate surface area is 112 Å². The molecule has 2 rings (SSSR count). The standard InChI is InChI=1S/C12H11BrN2OS/c1-7-11(8(2)16)12(17-15-7)14-10-5-3-9(13)4-6-10/h3-6,14H,1-2H3. The van der Waals surface area contributed by atoms with Crippen molar-refractivity contribution in [3.05, 3.63) is 40.0 Å². The summed E-state index contributed by atoms with van der Waals surface area (Å²) < 4.78 is 5.22. The molecule has 0 unspecified atom stereocenters. The van der Waals surface area contributed by atoms with Gasteiger partial charge in [-0.15, -0.1) is 0 Å². The Morgan fingerprint density at radius 3 is 2.59 bits per heavy atom. The second kappa shape index (κ2) is 4.98. The highest BCUT2D eigenvalue weighted by atomic mass is 79.9. The summed E-state index contributed by atoms with van der Waals surface area (Å²) >= 11 is 4.69. The van der Waals surface area contributed by atoms with Gasteiger partial charge in [0, 0.05) is 10.2 Å². The first kappa shape index (κ1) is 12.3. The maximum atomic E-state index is 11.5. The lowest BCUT2D eigenvalue weighted by atomic mass is 10.2. The first-order valence-corrected chi connectivity index (χ1v) is 6.64. The summed E-state index contributed by atoms with van der Waals surface area (Å²) in [6, 6.07) is 7.79. The van der Waals surface area contributed by atoms with Gasteiger partial charge in [-0.05, 0) is 49.6 Å². The number of aromatic nitrogens is 1. The number of nitrogens with zero attached hydrogens (tertiary/aromatic N) is 1. The lowest BCUT2D eigenvalue weighted by Gasteiger charge is -2.05. The van der Waals surface area contributed by atoms with E-state index in [-0.39, 0.29) is 5.78 Å². The van der Waals surface area contributed by atoms with Crippen molar-refractivity contribution < 1.29 is 4.79 Å². The smallest absolute Gasteiger partial charge is 0.164 e. The molecule has 0 saturated heterocycles. The Balaban J connectivity index is 2.30. The third kappa shape index (κ3) is 2.73. The first-order valence-electron chi connectivity index (χ1n) is 5.07. The van der Waals surface area contributed by atoms with Crippen LogP contribution in [-0.2, 0) is 0 Å². The average Bonchev–Trinajstić information content (AvgIpc) is 2.63. The first-order chi connectivity index (χ1) is 8.08. The van der Waals surface area contributed by atoms with Crippen molar-refractivity contribution in [2.75, 3.05) is 5.32 Å². The number of benzene rings is 1. The van der Waals surface area contributed by atoms with E-state index >= 15 is 0 Å². The number of anilines is 2. The summed E-state index contributed by atoms with van der Waals surface area (Å²) in [5, 5.41) is 4.02. The molecular weight excluding hydrogens is 300 g/mol. The third-order valence-electron chi connectivity index (χ3n) is 2.32. The van der Waals surface area contributed by atoms with Crippen LogP contribution in [-0.4, -0.2) is 10.2 Å². The van der Waals surface area contributed by atoms with E-state index in [1.807, 2.05) is 31.2 Å². The Kier molecular flexibility index (Phi) is 3.59. The van der Waals surface area contributed by atoms with Crippen LogP contribution in [0.2, 0.25) is 0 Å². The molecule has 2 aromatic rings. The quantitative estimate of drug-likeness (QED) is 0.865. The molecule has 0 spiro atoms. The van der Waals surface area contributed by atoms with Crippen molar-refractivity contribution in [2.24, 2.45) is 0 Å². The molecule has 0 aliphatic heterocycles. The fourth-order valence-electron chi connectivity index (χ4n) is 1.53. The minimum absolute atomic E-state index is 0.0378. The fourth-order valence-corrected chi connectivity index (χ4v) is 2.66. The minimum Gasteiger partial charge on any atom is -0.345 e. The molecule has 0 aliphatic carbocycles. The molecule has 0 fully saturated rings. The van der Waals surface area contributed by atoms with Gasteiger partial charge in [-0.25, -0.2) is 0 Å². The number of aryl methyl sites for hydroxylation is 1. The largest absolute Gasteiger partial charge is 0.345 e. The fraction of sp³-hybridized carbons (Fsp3) is 0.167. The maximum Gasteiger partial charge on any atom is 0.164 e. The molecule has 5 heteroatoms. The molecule has 0 bridgehead atoms. The minimum atomic E-state index is 0.0378. The normalized spacial score (nSPS) is 10.3. The van der Waals surface area contributed by atoms with Crippen LogP contribution in [0.4, 0.5) is 10.7 Å². The van der Waals surface area contributed by atoms with E-state index < -0.39 is 0 Å². The lowest BCUT2D eigenvalue weighted by molar-refractivity contribution is 0.101. The zero-order valence-electron chi connectivity index (χ0n) is 9.45. The van der Waals surface area contributed by atoms with Gasteiger partial charge in [0.25, 0.3) is 0 Å². The summed E-state index contributed by atoms with van der Waals surface area (Å²) in [4.78, 5) is 11.5. The van der Waals surface area contributed by atoms with Gasteiger partial charge in [0.05, 0.1) is 11.3 Å². The molecule has 0 radical (unpaired) electrons. The molecule has 1 N–H and O–H groups in total. The summed E-state index contributed by atoms with van der Waals surface area (Å²) in [5.41, 5.74) is 2.40. The van der Waals surface area contributed by atoms with E-state index in [0.717, 1.165) is 20.9 Å². The summed E-state index contributed by atoms with van der Waals surface area (Å²) in [7, 11) is 0. The molecule has 88 valence electrons. The Morgan fingerprint density at radius 2 is 2.00 bits per heavy atom. The molecule has 1 heterocycles. The number of carbonyl (C=O) groups excluding carboxylic acids is 1. The number of Topliss-reactive ketones (excluding diaryl/α,β-unsaturated/α-hetero) is 1. The third-order valence-corrected chi connectivity index (χ3v) is 3.70. The molecule has 0 saturated carbocycles. The number of carbonyl (C=O) groups is 1. The Bertz CT molecular complexity index is 548. The van der Waals surface area contributed by atoms with Gasteiger partial charge in [-0.1, -0.05) is 15.9 Å². The molecule has 3 nitrogen and oxygen atoms in total. The van der Waals surface area contributed by atoms with Crippen LogP contribution in [0, 0.1) is 6.92 Å². The van der Waals surface area contributed by atoms with Crippen LogP contribution < -0.4 is 5.32 Å². The Morgan fingerprint density at radius 1 is 1.35 bits per heavy atom. The van der Waals surface area contributed by atoms with Crippen LogP contribution >= 0.6 is 27.5 Å².